The maximum Gasteiger partial charge on any atom is 0.138 e. The topological polar surface area (TPSA) is 29.5 Å². The largest absolute Gasteiger partial charge is 0.495 e. The summed E-state index contributed by atoms with van der Waals surface area (Å²) in [5.74, 6) is 0.492. The Morgan fingerprint density at radius 1 is 1.05 bits per heavy atom. The fourth-order valence-corrected chi connectivity index (χ4v) is 2.34. The average Bonchev–Trinajstić information content (AvgIpc) is 2.41. The summed E-state index contributed by atoms with van der Waals surface area (Å²) < 4.78 is 5.08. The highest BCUT2D eigenvalue weighted by molar-refractivity contribution is 6.34. The second kappa shape index (κ2) is 5.83. The van der Waals surface area contributed by atoms with Gasteiger partial charge in [0.1, 0.15) is 11.9 Å². The molecular formula is C15H14Cl2O2. The van der Waals surface area contributed by atoms with Crippen molar-refractivity contribution in [3.8, 4) is 5.75 Å². The molecule has 1 atom stereocenters. The third-order valence-corrected chi connectivity index (χ3v) is 3.58. The van der Waals surface area contributed by atoms with Crippen LogP contribution in [0.15, 0.2) is 36.4 Å². The molecule has 19 heavy (non-hydrogen) atoms. The zero-order chi connectivity index (χ0) is 14.0. The van der Waals surface area contributed by atoms with Crippen LogP contribution in [0, 0.1) is 6.92 Å². The molecule has 1 unspecified atom stereocenters. The summed E-state index contributed by atoms with van der Waals surface area (Å²) >= 11 is 12.2. The fourth-order valence-electron chi connectivity index (χ4n) is 1.84. The minimum Gasteiger partial charge on any atom is -0.495 e. The minimum absolute atomic E-state index is 0.424. The lowest BCUT2D eigenvalue weighted by Crippen LogP contribution is -2.01. The van der Waals surface area contributed by atoms with Gasteiger partial charge < -0.3 is 9.84 Å². The molecular weight excluding hydrogens is 283 g/mol. The van der Waals surface area contributed by atoms with Gasteiger partial charge in [0.2, 0.25) is 0 Å². The van der Waals surface area contributed by atoms with Crippen LogP contribution in [0.2, 0.25) is 10.0 Å². The minimum atomic E-state index is -0.809. The summed E-state index contributed by atoms with van der Waals surface area (Å²) in [6.07, 6.45) is -0.809. The molecule has 0 heterocycles. The molecule has 0 aliphatic carbocycles. The Labute approximate surface area is 122 Å². The molecule has 0 bridgehead atoms. The van der Waals surface area contributed by atoms with Gasteiger partial charge in [-0.2, -0.15) is 0 Å². The Morgan fingerprint density at radius 3 is 2.26 bits per heavy atom. The molecule has 2 aromatic carbocycles. The van der Waals surface area contributed by atoms with Gasteiger partial charge in [-0.1, -0.05) is 53.0 Å². The average molecular weight is 297 g/mol. The number of rotatable bonds is 3. The molecule has 0 aliphatic heterocycles. The summed E-state index contributed by atoms with van der Waals surface area (Å²) in [5, 5.41) is 11.2. The first-order valence-corrected chi connectivity index (χ1v) is 6.56. The van der Waals surface area contributed by atoms with Crippen molar-refractivity contribution in [1.82, 2.24) is 0 Å². The fraction of sp³-hybridized carbons (Fsp3) is 0.200. The van der Waals surface area contributed by atoms with E-state index in [4.69, 9.17) is 27.9 Å². The van der Waals surface area contributed by atoms with E-state index in [-0.39, 0.29) is 0 Å². The molecule has 0 spiro atoms. The number of hydrogen-bond acceptors (Lipinski definition) is 2. The number of methoxy groups -OCH3 is 1. The second-order valence-electron chi connectivity index (χ2n) is 4.32. The number of ether oxygens (including phenoxy) is 1. The molecule has 2 rings (SSSR count). The van der Waals surface area contributed by atoms with Crippen molar-refractivity contribution in [3.63, 3.8) is 0 Å². The van der Waals surface area contributed by atoms with Crippen molar-refractivity contribution in [2.24, 2.45) is 0 Å². The first-order chi connectivity index (χ1) is 9.02. The van der Waals surface area contributed by atoms with Gasteiger partial charge in [0, 0.05) is 11.6 Å². The predicted octanol–water partition coefficient (Wildman–Crippen LogP) is 4.39. The highest BCUT2D eigenvalue weighted by Crippen LogP contribution is 2.36. The van der Waals surface area contributed by atoms with E-state index in [2.05, 4.69) is 0 Å². The number of benzene rings is 2. The Hall–Kier alpha value is -1.22. The monoisotopic (exact) mass is 296 g/mol. The zero-order valence-electron chi connectivity index (χ0n) is 10.7. The van der Waals surface area contributed by atoms with Gasteiger partial charge in [-0.05, 0) is 18.6 Å². The van der Waals surface area contributed by atoms with Crippen LogP contribution in [0.4, 0.5) is 0 Å². The van der Waals surface area contributed by atoms with Gasteiger partial charge in [-0.15, -0.1) is 0 Å². The van der Waals surface area contributed by atoms with E-state index < -0.39 is 6.10 Å². The third-order valence-electron chi connectivity index (χ3n) is 2.96. The first kappa shape index (κ1) is 14.2. The molecule has 0 aromatic heterocycles. The molecule has 4 heteroatoms. The van der Waals surface area contributed by atoms with E-state index in [0.717, 1.165) is 11.1 Å². The lowest BCUT2D eigenvalue weighted by atomic mass is 10.0. The van der Waals surface area contributed by atoms with Gasteiger partial charge in [-0.25, -0.2) is 0 Å². The van der Waals surface area contributed by atoms with Gasteiger partial charge in [-0.3, -0.25) is 0 Å². The van der Waals surface area contributed by atoms with Crippen molar-refractivity contribution in [3.05, 3.63) is 63.1 Å². The lowest BCUT2D eigenvalue weighted by Gasteiger charge is -2.15. The Balaban J connectivity index is 2.41. The molecule has 0 radical (unpaired) electrons. The lowest BCUT2D eigenvalue weighted by molar-refractivity contribution is 0.220. The smallest absolute Gasteiger partial charge is 0.138 e. The number of halogens is 2. The molecule has 1 N–H and O–H groups in total. The standard InChI is InChI=1S/C15H14Cl2O2/c1-9-3-5-10(6-4-9)15(18)11-7-13(17)14(19-2)8-12(11)16/h3-8,15,18H,1-2H3. The SMILES string of the molecule is COc1cc(Cl)c(C(O)c2ccc(C)cc2)cc1Cl. The first-order valence-electron chi connectivity index (χ1n) is 5.80. The normalized spacial score (nSPS) is 12.3. The van der Waals surface area contributed by atoms with Crippen molar-refractivity contribution < 1.29 is 9.84 Å². The Morgan fingerprint density at radius 2 is 1.68 bits per heavy atom. The van der Waals surface area contributed by atoms with E-state index in [9.17, 15) is 5.11 Å². The molecule has 100 valence electrons. The maximum absolute atomic E-state index is 10.4. The summed E-state index contributed by atoms with van der Waals surface area (Å²) in [7, 11) is 1.52. The van der Waals surface area contributed by atoms with Crippen LogP contribution in [0.5, 0.6) is 5.75 Å². The molecule has 2 aromatic rings. The summed E-state index contributed by atoms with van der Waals surface area (Å²) in [6, 6.07) is 10.9. The van der Waals surface area contributed by atoms with Crippen LogP contribution in [-0.4, -0.2) is 12.2 Å². The summed E-state index contributed by atoms with van der Waals surface area (Å²) in [5.41, 5.74) is 2.47. The summed E-state index contributed by atoms with van der Waals surface area (Å²) in [4.78, 5) is 0. The molecule has 0 saturated carbocycles. The summed E-state index contributed by atoms with van der Waals surface area (Å²) in [6.45, 7) is 1.99. The van der Waals surface area contributed by atoms with Crippen molar-refractivity contribution >= 4 is 23.2 Å². The highest BCUT2D eigenvalue weighted by Gasteiger charge is 2.16. The predicted molar refractivity (Wildman–Crippen MR) is 78.3 cm³/mol. The van der Waals surface area contributed by atoms with E-state index in [1.807, 2.05) is 31.2 Å². The van der Waals surface area contributed by atoms with Gasteiger partial charge in [0.05, 0.1) is 17.2 Å². The maximum atomic E-state index is 10.4. The highest BCUT2D eigenvalue weighted by atomic mass is 35.5. The van der Waals surface area contributed by atoms with E-state index in [0.29, 0.717) is 21.4 Å². The van der Waals surface area contributed by atoms with Gasteiger partial charge >= 0.3 is 0 Å². The second-order valence-corrected chi connectivity index (χ2v) is 5.14. The Kier molecular flexibility index (Phi) is 4.35. The zero-order valence-corrected chi connectivity index (χ0v) is 12.2. The molecule has 2 nitrogen and oxygen atoms in total. The number of aryl methyl sites for hydroxylation is 1. The number of aliphatic hydroxyl groups is 1. The van der Waals surface area contributed by atoms with Crippen LogP contribution < -0.4 is 4.74 Å². The third kappa shape index (κ3) is 3.03. The Bertz CT molecular complexity index is 579. The molecule has 0 amide bonds. The molecule has 0 saturated heterocycles. The van der Waals surface area contributed by atoms with Gasteiger partial charge in [0.15, 0.2) is 0 Å². The molecule has 0 aliphatic rings. The molecule has 0 fully saturated rings. The van der Waals surface area contributed by atoms with Crippen molar-refractivity contribution in [1.29, 1.82) is 0 Å². The van der Waals surface area contributed by atoms with Crippen LogP contribution >= 0.6 is 23.2 Å². The van der Waals surface area contributed by atoms with Crippen LogP contribution in [0.1, 0.15) is 22.8 Å². The van der Waals surface area contributed by atoms with E-state index in [1.54, 1.807) is 12.1 Å². The number of aliphatic hydroxyl groups excluding tert-OH is 1. The van der Waals surface area contributed by atoms with Crippen molar-refractivity contribution in [2.75, 3.05) is 7.11 Å². The quantitative estimate of drug-likeness (QED) is 0.910. The van der Waals surface area contributed by atoms with E-state index in [1.165, 1.54) is 7.11 Å². The van der Waals surface area contributed by atoms with Crippen LogP contribution in [-0.2, 0) is 0 Å². The van der Waals surface area contributed by atoms with Crippen molar-refractivity contribution in [2.45, 2.75) is 13.0 Å². The van der Waals surface area contributed by atoms with Crippen LogP contribution in [0.25, 0.3) is 0 Å². The van der Waals surface area contributed by atoms with Crippen LogP contribution in [0.3, 0.4) is 0 Å². The van der Waals surface area contributed by atoms with Gasteiger partial charge in [0.25, 0.3) is 0 Å². The number of hydrogen-bond donors (Lipinski definition) is 1. The van der Waals surface area contributed by atoms with E-state index >= 15 is 0 Å².